The summed E-state index contributed by atoms with van der Waals surface area (Å²) in [5.41, 5.74) is 0. The minimum atomic E-state index is 0.392. The van der Waals surface area contributed by atoms with Crippen LogP contribution in [0.2, 0.25) is 0 Å². The predicted molar refractivity (Wildman–Crippen MR) is 55.0 cm³/mol. The molecule has 0 bridgehead atoms. The van der Waals surface area contributed by atoms with Crippen LogP contribution in [0.5, 0.6) is 0 Å². The molecule has 0 aromatic rings. The van der Waals surface area contributed by atoms with E-state index in [1.807, 2.05) is 4.90 Å². The first-order chi connectivity index (χ1) is 5.72. The molecule has 0 saturated heterocycles. The lowest BCUT2D eigenvalue weighted by molar-refractivity contribution is 0.472. The molecule has 2 heteroatoms. The average Bonchev–Trinajstić information content (AvgIpc) is 2.04. The minimum Gasteiger partial charge on any atom is -0.337 e. The fourth-order valence-corrected chi connectivity index (χ4v) is 0.617. The van der Waals surface area contributed by atoms with Crippen molar-refractivity contribution in [2.75, 3.05) is 0 Å². The third kappa shape index (κ3) is 4.50. The summed E-state index contributed by atoms with van der Waals surface area (Å²) >= 11 is 0. The Bertz CT molecular complexity index is 190. The largest absolute Gasteiger partial charge is 0.337 e. The Morgan fingerprint density at radius 1 is 1.33 bits per heavy atom. The van der Waals surface area contributed by atoms with Gasteiger partial charge >= 0.3 is 0 Å². The van der Waals surface area contributed by atoms with Crippen LogP contribution in [0.25, 0.3) is 0 Å². The van der Waals surface area contributed by atoms with Crippen molar-refractivity contribution >= 4 is 6.34 Å². The summed E-state index contributed by atoms with van der Waals surface area (Å²) in [6.07, 6.45) is 8.63. The quantitative estimate of drug-likeness (QED) is 0.346. The molecule has 0 spiro atoms. The van der Waals surface area contributed by atoms with Crippen molar-refractivity contribution in [2.24, 2.45) is 4.99 Å². The first-order valence-corrected chi connectivity index (χ1v) is 3.93. The number of aliphatic imine (C=N–C) groups is 1. The number of nitrogens with zero attached hydrogens (tertiary/aromatic N) is 2. The zero-order valence-corrected chi connectivity index (χ0v) is 7.77. The van der Waals surface area contributed by atoms with Crippen LogP contribution in [0.4, 0.5) is 0 Å². The van der Waals surface area contributed by atoms with Gasteiger partial charge in [-0.05, 0) is 26.1 Å². The van der Waals surface area contributed by atoms with E-state index < -0.39 is 0 Å². The highest BCUT2D eigenvalue weighted by Crippen LogP contribution is 1.93. The summed E-state index contributed by atoms with van der Waals surface area (Å²) in [5.74, 6) is 0. The summed E-state index contributed by atoms with van der Waals surface area (Å²) in [6, 6.07) is 0.392. The topological polar surface area (TPSA) is 15.6 Å². The van der Waals surface area contributed by atoms with Crippen LogP contribution in [-0.4, -0.2) is 17.3 Å². The van der Waals surface area contributed by atoms with Gasteiger partial charge in [-0.25, -0.2) is 4.99 Å². The highest BCUT2D eigenvalue weighted by atomic mass is 15.1. The van der Waals surface area contributed by atoms with Crippen molar-refractivity contribution < 1.29 is 0 Å². The SMILES string of the molecule is C=C/C=C\N=CN(C=C)C(C)C. The van der Waals surface area contributed by atoms with Crippen LogP contribution in [-0.2, 0) is 0 Å². The molecule has 0 fully saturated rings. The van der Waals surface area contributed by atoms with Gasteiger partial charge in [-0.3, -0.25) is 0 Å². The fourth-order valence-electron chi connectivity index (χ4n) is 0.617. The van der Waals surface area contributed by atoms with E-state index in [9.17, 15) is 0 Å². The lowest BCUT2D eigenvalue weighted by atomic mass is 10.4. The van der Waals surface area contributed by atoms with Crippen LogP contribution < -0.4 is 0 Å². The summed E-state index contributed by atoms with van der Waals surface area (Å²) in [5, 5.41) is 0. The standard InChI is InChI=1S/C10H16N2/c1-5-7-8-11-9-12(6-2)10(3)4/h5-10H,1-2H2,3-4H3/b8-7-,11-9?. The van der Waals surface area contributed by atoms with E-state index in [0.29, 0.717) is 6.04 Å². The van der Waals surface area contributed by atoms with E-state index in [4.69, 9.17) is 0 Å². The molecule has 0 aliphatic carbocycles. The van der Waals surface area contributed by atoms with Gasteiger partial charge in [-0.2, -0.15) is 0 Å². The third-order valence-electron chi connectivity index (χ3n) is 1.32. The molecule has 2 nitrogen and oxygen atoms in total. The molecule has 12 heavy (non-hydrogen) atoms. The summed E-state index contributed by atoms with van der Waals surface area (Å²) in [4.78, 5) is 5.96. The van der Waals surface area contributed by atoms with Crippen molar-refractivity contribution in [2.45, 2.75) is 19.9 Å². The molecule has 0 aliphatic heterocycles. The molecule has 0 N–H and O–H groups in total. The first-order valence-electron chi connectivity index (χ1n) is 3.93. The highest BCUT2D eigenvalue weighted by molar-refractivity contribution is 5.57. The second kappa shape index (κ2) is 6.40. The van der Waals surface area contributed by atoms with Crippen molar-refractivity contribution in [3.05, 3.63) is 37.7 Å². The maximum atomic E-state index is 4.03. The zero-order valence-electron chi connectivity index (χ0n) is 7.77. The van der Waals surface area contributed by atoms with Crippen LogP contribution in [0, 0.1) is 0 Å². The van der Waals surface area contributed by atoms with E-state index in [-0.39, 0.29) is 0 Å². The molecule has 0 heterocycles. The molecule has 0 rings (SSSR count). The molecule has 66 valence electrons. The highest BCUT2D eigenvalue weighted by Gasteiger charge is 1.97. The Morgan fingerprint density at radius 3 is 2.42 bits per heavy atom. The summed E-state index contributed by atoms with van der Waals surface area (Å²) in [7, 11) is 0. The van der Waals surface area contributed by atoms with Gasteiger partial charge in [-0.15, -0.1) is 0 Å². The Morgan fingerprint density at radius 2 is 2.00 bits per heavy atom. The molecular weight excluding hydrogens is 148 g/mol. The van der Waals surface area contributed by atoms with Crippen molar-refractivity contribution in [3.8, 4) is 0 Å². The molecule has 0 saturated carbocycles. The van der Waals surface area contributed by atoms with Crippen molar-refractivity contribution in [1.29, 1.82) is 0 Å². The number of hydrogen-bond donors (Lipinski definition) is 0. The maximum absolute atomic E-state index is 4.03. The Kier molecular flexibility index (Phi) is 5.70. The Hall–Kier alpha value is -1.31. The lowest BCUT2D eigenvalue weighted by Gasteiger charge is -2.17. The number of allylic oxidation sites excluding steroid dienone is 2. The molecule has 0 aromatic heterocycles. The first kappa shape index (κ1) is 10.7. The number of rotatable bonds is 5. The van der Waals surface area contributed by atoms with Crippen molar-refractivity contribution in [3.63, 3.8) is 0 Å². The van der Waals surface area contributed by atoms with E-state index in [1.54, 1.807) is 30.9 Å². The molecule has 0 aliphatic rings. The predicted octanol–water partition coefficient (Wildman–Crippen LogP) is 2.57. The van der Waals surface area contributed by atoms with Gasteiger partial charge in [0.15, 0.2) is 0 Å². The zero-order chi connectivity index (χ0) is 9.40. The van der Waals surface area contributed by atoms with Crippen LogP contribution in [0.1, 0.15) is 13.8 Å². The van der Waals surface area contributed by atoms with Gasteiger partial charge in [0.1, 0.15) is 0 Å². The van der Waals surface area contributed by atoms with Crippen LogP contribution in [0.3, 0.4) is 0 Å². The van der Waals surface area contributed by atoms with E-state index in [1.165, 1.54) is 0 Å². The summed E-state index contributed by atoms with van der Waals surface area (Å²) < 4.78 is 0. The van der Waals surface area contributed by atoms with Crippen molar-refractivity contribution in [1.82, 2.24) is 4.90 Å². The summed E-state index contributed by atoms with van der Waals surface area (Å²) in [6.45, 7) is 11.4. The van der Waals surface area contributed by atoms with E-state index in [2.05, 4.69) is 32.0 Å². The Labute approximate surface area is 74.6 Å². The third-order valence-corrected chi connectivity index (χ3v) is 1.32. The fraction of sp³-hybridized carbons (Fsp3) is 0.300. The molecule has 0 unspecified atom stereocenters. The van der Waals surface area contributed by atoms with Gasteiger partial charge in [0.2, 0.25) is 0 Å². The van der Waals surface area contributed by atoms with Gasteiger partial charge < -0.3 is 4.90 Å². The van der Waals surface area contributed by atoms with Gasteiger partial charge in [0, 0.05) is 12.2 Å². The normalized spacial score (nSPS) is 11.2. The smallest absolute Gasteiger partial charge is 0.0946 e. The molecule has 0 aromatic carbocycles. The van der Waals surface area contributed by atoms with Crippen LogP contribution >= 0.6 is 0 Å². The van der Waals surface area contributed by atoms with E-state index in [0.717, 1.165) is 0 Å². The monoisotopic (exact) mass is 164 g/mol. The number of hydrogen-bond acceptors (Lipinski definition) is 1. The van der Waals surface area contributed by atoms with Gasteiger partial charge in [-0.1, -0.05) is 19.2 Å². The lowest BCUT2D eigenvalue weighted by Crippen LogP contribution is -2.22. The minimum absolute atomic E-state index is 0.392. The second-order valence-corrected chi connectivity index (χ2v) is 2.57. The maximum Gasteiger partial charge on any atom is 0.0946 e. The average molecular weight is 164 g/mol. The molecule has 0 atom stereocenters. The van der Waals surface area contributed by atoms with Crippen LogP contribution in [0.15, 0.2) is 42.7 Å². The Balaban J connectivity index is 4.01. The molecule has 0 amide bonds. The molecule has 0 radical (unpaired) electrons. The van der Waals surface area contributed by atoms with Gasteiger partial charge in [0.25, 0.3) is 0 Å². The second-order valence-electron chi connectivity index (χ2n) is 2.57. The molecular formula is C10H16N2. The van der Waals surface area contributed by atoms with Gasteiger partial charge in [0.05, 0.1) is 6.34 Å². The van der Waals surface area contributed by atoms with E-state index >= 15 is 0 Å².